The number of carbonyl (C=O) groups excluding carboxylic acids is 1. The number of ether oxygens (including phenoxy) is 1. The Morgan fingerprint density at radius 2 is 1.78 bits per heavy atom. The fourth-order valence-corrected chi connectivity index (χ4v) is 3.99. The maximum Gasteiger partial charge on any atom is 0.407 e. The molecule has 2 fully saturated rings. The minimum atomic E-state index is -0.422. The van der Waals surface area contributed by atoms with Crippen molar-refractivity contribution in [2.75, 3.05) is 6.54 Å². The fourth-order valence-electron chi connectivity index (χ4n) is 3.99. The monoisotopic (exact) mass is 324 g/mol. The highest BCUT2D eigenvalue weighted by Gasteiger charge is 2.30. The van der Waals surface area contributed by atoms with E-state index in [4.69, 9.17) is 4.74 Å². The number of rotatable bonds is 4. The Bertz CT molecular complexity index is 378. The van der Waals surface area contributed by atoms with Gasteiger partial charge in [-0.15, -0.1) is 0 Å². The molecule has 0 bridgehead atoms. The molecular weight excluding hydrogens is 288 g/mol. The van der Waals surface area contributed by atoms with Gasteiger partial charge in [0.1, 0.15) is 5.60 Å². The van der Waals surface area contributed by atoms with E-state index in [0.717, 1.165) is 12.5 Å². The first-order valence-corrected chi connectivity index (χ1v) is 9.56. The van der Waals surface area contributed by atoms with E-state index in [0.29, 0.717) is 18.0 Å². The molecule has 4 atom stereocenters. The molecule has 0 radical (unpaired) electrons. The molecule has 2 aliphatic rings. The first-order chi connectivity index (χ1) is 10.8. The van der Waals surface area contributed by atoms with Crippen LogP contribution in [0, 0.1) is 11.8 Å². The first-order valence-electron chi connectivity index (χ1n) is 9.56. The van der Waals surface area contributed by atoms with Gasteiger partial charge in [0, 0.05) is 18.6 Å². The van der Waals surface area contributed by atoms with Crippen LogP contribution < -0.4 is 10.6 Å². The van der Waals surface area contributed by atoms with Gasteiger partial charge in [0.15, 0.2) is 0 Å². The van der Waals surface area contributed by atoms with Crippen molar-refractivity contribution in [2.24, 2.45) is 11.8 Å². The molecule has 4 heteroatoms. The van der Waals surface area contributed by atoms with Crippen LogP contribution in [0.5, 0.6) is 0 Å². The predicted octanol–water partition coefficient (Wildman–Crippen LogP) is 4.24. The molecule has 4 unspecified atom stereocenters. The maximum atomic E-state index is 11.8. The van der Waals surface area contributed by atoms with Crippen LogP contribution in [0.4, 0.5) is 4.79 Å². The molecule has 134 valence electrons. The summed E-state index contributed by atoms with van der Waals surface area (Å²) in [6.07, 6.45) is 10.1. The highest BCUT2D eigenvalue weighted by molar-refractivity contribution is 5.67. The highest BCUT2D eigenvalue weighted by Crippen LogP contribution is 2.28. The van der Waals surface area contributed by atoms with Crippen molar-refractivity contribution >= 4 is 6.09 Å². The van der Waals surface area contributed by atoms with Gasteiger partial charge in [-0.25, -0.2) is 4.79 Å². The molecular formula is C19H36N2O2. The Hall–Kier alpha value is -0.770. The van der Waals surface area contributed by atoms with Crippen molar-refractivity contribution in [2.45, 2.75) is 96.7 Å². The summed E-state index contributed by atoms with van der Waals surface area (Å²) in [4.78, 5) is 11.8. The third-order valence-electron chi connectivity index (χ3n) is 5.27. The van der Waals surface area contributed by atoms with Gasteiger partial charge in [0.2, 0.25) is 0 Å². The fraction of sp³-hybridized carbons (Fsp3) is 0.947. The van der Waals surface area contributed by atoms with Gasteiger partial charge in [-0.05, 0) is 64.7 Å². The molecule has 0 spiro atoms. The summed E-state index contributed by atoms with van der Waals surface area (Å²) >= 11 is 0. The van der Waals surface area contributed by atoms with Crippen molar-refractivity contribution in [1.29, 1.82) is 0 Å². The summed E-state index contributed by atoms with van der Waals surface area (Å²) < 4.78 is 5.34. The van der Waals surface area contributed by atoms with E-state index >= 15 is 0 Å². The van der Waals surface area contributed by atoms with Crippen LogP contribution in [0.3, 0.4) is 0 Å². The normalized spacial score (nSPS) is 32.3. The molecule has 23 heavy (non-hydrogen) atoms. The zero-order valence-electron chi connectivity index (χ0n) is 15.5. The van der Waals surface area contributed by atoms with E-state index in [1.54, 1.807) is 0 Å². The summed E-state index contributed by atoms with van der Waals surface area (Å²) in [5.41, 5.74) is -0.422. The molecule has 0 heterocycles. The minimum absolute atomic E-state index is 0.286. The van der Waals surface area contributed by atoms with E-state index in [2.05, 4.69) is 17.6 Å². The molecule has 4 nitrogen and oxygen atoms in total. The second-order valence-corrected chi connectivity index (χ2v) is 8.66. The number of amides is 1. The van der Waals surface area contributed by atoms with E-state index in [1.807, 2.05) is 20.8 Å². The Kier molecular flexibility index (Phi) is 6.75. The largest absolute Gasteiger partial charge is 0.444 e. The van der Waals surface area contributed by atoms with Crippen LogP contribution in [0.15, 0.2) is 0 Å². The van der Waals surface area contributed by atoms with Crippen LogP contribution in [0.1, 0.15) is 79.1 Å². The molecule has 2 rings (SSSR count). The lowest BCUT2D eigenvalue weighted by Crippen LogP contribution is -2.44. The molecule has 0 aromatic heterocycles. The van der Waals surface area contributed by atoms with E-state index < -0.39 is 5.60 Å². The maximum absolute atomic E-state index is 11.8. The standard InChI is InChI=1S/C19H36N2O2/c1-14-7-5-9-16(12-11-14)21-17-10-6-8-15(17)13-20-18(22)23-19(2,3)4/h14-17,21H,5-13H2,1-4H3,(H,20,22). The van der Waals surface area contributed by atoms with Gasteiger partial charge >= 0.3 is 6.09 Å². The quantitative estimate of drug-likeness (QED) is 0.761. The van der Waals surface area contributed by atoms with Gasteiger partial charge in [-0.2, -0.15) is 0 Å². The lowest BCUT2D eigenvalue weighted by Gasteiger charge is -2.27. The predicted molar refractivity (Wildman–Crippen MR) is 94.5 cm³/mol. The number of hydrogen-bond donors (Lipinski definition) is 2. The molecule has 2 aliphatic carbocycles. The summed E-state index contributed by atoms with van der Waals surface area (Å²) in [6.45, 7) is 8.82. The third-order valence-corrected chi connectivity index (χ3v) is 5.27. The zero-order valence-corrected chi connectivity index (χ0v) is 15.5. The second kappa shape index (κ2) is 8.36. The van der Waals surface area contributed by atoms with Gasteiger partial charge in [-0.1, -0.05) is 26.2 Å². The summed E-state index contributed by atoms with van der Waals surface area (Å²) in [5, 5.41) is 6.87. The van der Waals surface area contributed by atoms with Gasteiger partial charge in [-0.3, -0.25) is 0 Å². The Balaban J connectivity index is 1.75. The number of hydrogen-bond acceptors (Lipinski definition) is 3. The molecule has 2 saturated carbocycles. The molecule has 1 amide bonds. The average molecular weight is 325 g/mol. The number of nitrogens with one attached hydrogen (secondary N) is 2. The Labute approximate surface area is 142 Å². The topological polar surface area (TPSA) is 50.4 Å². The van der Waals surface area contributed by atoms with Gasteiger partial charge < -0.3 is 15.4 Å². The van der Waals surface area contributed by atoms with Crippen LogP contribution in [-0.2, 0) is 4.74 Å². The van der Waals surface area contributed by atoms with Crippen LogP contribution in [0.2, 0.25) is 0 Å². The first kappa shape index (κ1) is 18.6. The minimum Gasteiger partial charge on any atom is -0.444 e. The third kappa shape index (κ3) is 6.70. The Morgan fingerprint density at radius 1 is 1.04 bits per heavy atom. The summed E-state index contributed by atoms with van der Waals surface area (Å²) in [6, 6.07) is 1.23. The van der Waals surface area contributed by atoms with Crippen LogP contribution in [-0.4, -0.2) is 30.3 Å². The van der Waals surface area contributed by atoms with E-state index in [1.165, 1.54) is 51.4 Å². The van der Waals surface area contributed by atoms with Gasteiger partial charge in [0.05, 0.1) is 0 Å². The van der Waals surface area contributed by atoms with Gasteiger partial charge in [0.25, 0.3) is 0 Å². The molecule has 0 aliphatic heterocycles. The molecule has 0 saturated heterocycles. The van der Waals surface area contributed by atoms with Crippen LogP contribution >= 0.6 is 0 Å². The zero-order chi connectivity index (χ0) is 16.9. The number of alkyl carbamates (subject to hydrolysis) is 1. The molecule has 0 aromatic rings. The molecule has 2 N–H and O–H groups in total. The van der Waals surface area contributed by atoms with Crippen molar-refractivity contribution < 1.29 is 9.53 Å². The smallest absolute Gasteiger partial charge is 0.407 e. The van der Waals surface area contributed by atoms with Crippen molar-refractivity contribution in [3.05, 3.63) is 0 Å². The lowest BCUT2D eigenvalue weighted by atomic mass is 10.00. The summed E-state index contributed by atoms with van der Waals surface area (Å²) in [5.74, 6) is 1.43. The number of carbonyl (C=O) groups is 1. The molecule has 0 aromatic carbocycles. The second-order valence-electron chi connectivity index (χ2n) is 8.66. The van der Waals surface area contributed by atoms with Crippen LogP contribution in [0.25, 0.3) is 0 Å². The van der Waals surface area contributed by atoms with Crippen molar-refractivity contribution in [3.8, 4) is 0 Å². The lowest BCUT2D eigenvalue weighted by molar-refractivity contribution is 0.0517. The highest BCUT2D eigenvalue weighted by atomic mass is 16.6. The Morgan fingerprint density at radius 3 is 2.52 bits per heavy atom. The SMILES string of the molecule is CC1CCCC(NC2CCCC2CNC(=O)OC(C)(C)C)CC1. The van der Waals surface area contributed by atoms with E-state index in [9.17, 15) is 4.79 Å². The van der Waals surface area contributed by atoms with E-state index in [-0.39, 0.29) is 6.09 Å². The summed E-state index contributed by atoms with van der Waals surface area (Å²) in [7, 11) is 0. The average Bonchev–Trinajstić information content (AvgIpc) is 2.77. The van der Waals surface area contributed by atoms with Crippen molar-refractivity contribution in [3.63, 3.8) is 0 Å². The van der Waals surface area contributed by atoms with Crippen molar-refractivity contribution in [1.82, 2.24) is 10.6 Å².